The number of nitrogens with zero attached hydrogens (tertiary/aromatic N) is 1. The molecule has 1 atom stereocenters. The van der Waals surface area contributed by atoms with E-state index in [1.54, 1.807) is 43.3 Å². The van der Waals surface area contributed by atoms with E-state index in [0.29, 0.717) is 10.0 Å². The minimum Gasteiger partial charge on any atom is -0.392 e. The lowest BCUT2D eigenvalue weighted by atomic mass is 10.3. The maximum absolute atomic E-state index is 12.6. The molecule has 0 saturated heterocycles. The van der Waals surface area contributed by atoms with E-state index in [-0.39, 0.29) is 10.8 Å². The molecule has 0 amide bonds. The van der Waals surface area contributed by atoms with Gasteiger partial charge in [0.1, 0.15) is 4.21 Å². The molecule has 0 aliphatic carbocycles. The number of benzene rings is 1. The van der Waals surface area contributed by atoms with Gasteiger partial charge in [-0.1, -0.05) is 29.8 Å². The van der Waals surface area contributed by atoms with Gasteiger partial charge < -0.3 is 5.11 Å². The van der Waals surface area contributed by atoms with E-state index < -0.39 is 16.1 Å². The van der Waals surface area contributed by atoms with Crippen LogP contribution in [-0.4, -0.2) is 26.2 Å². The van der Waals surface area contributed by atoms with Crippen molar-refractivity contribution in [3.05, 3.63) is 46.8 Å². The summed E-state index contributed by atoms with van der Waals surface area (Å²) in [6.45, 7) is 1.54. The van der Waals surface area contributed by atoms with E-state index >= 15 is 0 Å². The minimum atomic E-state index is -3.72. The highest BCUT2D eigenvalue weighted by Crippen LogP contribution is 2.30. The van der Waals surface area contributed by atoms with Crippen molar-refractivity contribution in [3.63, 3.8) is 0 Å². The second-order valence-corrected chi connectivity index (χ2v) is 8.08. The number of rotatable bonds is 5. The van der Waals surface area contributed by atoms with E-state index in [9.17, 15) is 13.5 Å². The standard InChI is InChI=1S/C13H14ClNO3S2/c1-10(16)9-15(11-5-3-2-4-6-11)20(17,18)13-8-7-12(14)19-13/h2-8,10,16H,9H2,1H3. The fraction of sp³-hybridized carbons (Fsp3) is 0.231. The molecule has 2 aromatic rings. The van der Waals surface area contributed by atoms with Gasteiger partial charge in [0.05, 0.1) is 22.7 Å². The summed E-state index contributed by atoms with van der Waals surface area (Å²) >= 11 is 6.81. The molecule has 0 fully saturated rings. The SMILES string of the molecule is CC(O)CN(c1ccccc1)S(=O)(=O)c1ccc(Cl)s1. The highest BCUT2D eigenvalue weighted by Gasteiger charge is 2.27. The minimum absolute atomic E-state index is 0.0120. The molecule has 0 radical (unpaired) electrons. The molecular weight excluding hydrogens is 318 g/mol. The van der Waals surface area contributed by atoms with E-state index in [1.807, 2.05) is 0 Å². The van der Waals surface area contributed by atoms with Gasteiger partial charge in [-0.25, -0.2) is 8.42 Å². The third-order valence-electron chi connectivity index (χ3n) is 2.57. The fourth-order valence-electron chi connectivity index (χ4n) is 1.72. The molecule has 20 heavy (non-hydrogen) atoms. The molecule has 0 spiro atoms. The quantitative estimate of drug-likeness (QED) is 0.916. The van der Waals surface area contributed by atoms with Crippen LogP contribution in [0.15, 0.2) is 46.7 Å². The molecule has 1 unspecified atom stereocenters. The van der Waals surface area contributed by atoms with Gasteiger partial charge in [0.2, 0.25) is 0 Å². The molecule has 0 aliphatic heterocycles. The number of hydrogen-bond donors (Lipinski definition) is 1. The Balaban J connectivity index is 2.46. The largest absolute Gasteiger partial charge is 0.392 e. The highest BCUT2D eigenvalue weighted by atomic mass is 35.5. The maximum Gasteiger partial charge on any atom is 0.273 e. The molecular formula is C13H14ClNO3S2. The average molecular weight is 332 g/mol. The Morgan fingerprint density at radius 1 is 1.25 bits per heavy atom. The summed E-state index contributed by atoms with van der Waals surface area (Å²) in [7, 11) is -3.72. The molecule has 0 bridgehead atoms. The van der Waals surface area contributed by atoms with Crippen molar-refractivity contribution in [2.24, 2.45) is 0 Å². The van der Waals surface area contributed by atoms with Crippen LogP contribution in [0.5, 0.6) is 0 Å². The first-order valence-corrected chi connectivity index (χ1v) is 8.56. The van der Waals surface area contributed by atoms with Gasteiger partial charge >= 0.3 is 0 Å². The summed E-state index contributed by atoms with van der Waals surface area (Å²) < 4.78 is 27.1. The van der Waals surface area contributed by atoms with Gasteiger partial charge in [-0.05, 0) is 31.2 Å². The van der Waals surface area contributed by atoms with E-state index in [2.05, 4.69) is 0 Å². The van der Waals surface area contributed by atoms with Crippen molar-refractivity contribution >= 4 is 38.6 Å². The van der Waals surface area contributed by atoms with Gasteiger partial charge in [0, 0.05) is 0 Å². The zero-order chi connectivity index (χ0) is 14.8. The zero-order valence-electron chi connectivity index (χ0n) is 10.7. The van der Waals surface area contributed by atoms with Crippen molar-refractivity contribution in [2.45, 2.75) is 17.2 Å². The van der Waals surface area contributed by atoms with E-state index in [1.165, 1.54) is 10.4 Å². The molecule has 7 heteroatoms. The van der Waals surface area contributed by atoms with Crippen molar-refractivity contribution in [1.29, 1.82) is 0 Å². The van der Waals surface area contributed by atoms with Crippen molar-refractivity contribution in [3.8, 4) is 0 Å². The summed E-state index contributed by atoms with van der Waals surface area (Å²) in [4.78, 5) is 0. The Kier molecular flexibility index (Phi) is 4.70. The summed E-state index contributed by atoms with van der Waals surface area (Å²) in [5.41, 5.74) is 0.512. The lowest BCUT2D eigenvalue weighted by molar-refractivity contribution is 0.204. The molecule has 2 rings (SSSR count). The molecule has 4 nitrogen and oxygen atoms in total. The number of sulfonamides is 1. The molecule has 1 N–H and O–H groups in total. The van der Waals surface area contributed by atoms with Crippen LogP contribution < -0.4 is 4.31 Å². The first-order chi connectivity index (χ1) is 9.41. The first kappa shape index (κ1) is 15.3. The van der Waals surface area contributed by atoms with Crippen LogP contribution in [0.4, 0.5) is 5.69 Å². The fourth-order valence-corrected chi connectivity index (χ4v) is 4.86. The first-order valence-electron chi connectivity index (χ1n) is 5.92. The van der Waals surface area contributed by atoms with E-state index in [0.717, 1.165) is 11.3 Å². The number of thiophene rings is 1. The van der Waals surface area contributed by atoms with Gasteiger partial charge in [0.15, 0.2) is 0 Å². The average Bonchev–Trinajstić information content (AvgIpc) is 2.84. The normalized spacial score (nSPS) is 13.2. The zero-order valence-corrected chi connectivity index (χ0v) is 13.1. The van der Waals surface area contributed by atoms with Crippen LogP contribution >= 0.6 is 22.9 Å². The molecule has 0 saturated carbocycles. The number of aliphatic hydroxyl groups excluding tert-OH is 1. The van der Waals surface area contributed by atoms with Crippen LogP contribution in [0.3, 0.4) is 0 Å². The van der Waals surface area contributed by atoms with Gasteiger partial charge in [-0.2, -0.15) is 0 Å². The number of aliphatic hydroxyl groups is 1. The van der Waals surface area contributed by atoms with Crippen LogP contribution in [0.2, 0.25) is 4.34 Å². The Labute approximate surface area is 127 Å². The van der Waals surface area contributed by atoms with Crippen molar-refractivity contribution < 1.29 is 13.5 Å². The molecule has 108 valence electrons. The lowest BCUT2D eigenvalue weighted by Gasteiger charge is -2.24. The Hall–Kier alpha value is -1.08. The highest BCUT2D eigenvalue weighted by molar-refractivity contribution is 7.94. The van der Waals surface area contributed by atoms with Crippen LogP contribution in [0.25, 0.3) is 0 Å². The lowest BCUT2D eigenvalue weighted by Crippen LogP contribution is -2.36. The summed E-state index contributed by atoms with van der Waals surface area (Å²) in [6, 6.07) is 11.7. The number of anilines is 1. The van der Waals surface area contributed by atoms with Crippen molar-refractivity contribution in [2.75, 3.05) is 10.8 Å². The number of hydrogen-bond acceptors (Lipinski definition) is 4. The maximum atomic E-state index is 12.6. The Bertz CT molecular complexity index is 668. The number of para-hydroxylation sites is 1. The Morgan fingerprint density at radius 3 is 2.40 bits per heavy atom. The summed E-state index contributed by atoms with van der Waals surface area (Å²) in [6.07, 6.45) is -0.777. The predicted molar refractivity (Wildman–Crippen MR) is 82.0 cm³/mol. The van der Waals surface area contributed by atoms with Crippen LogP contribution in [0, 0.1) is 0 Å². The molecule has 0 aliphatic rings. The molecule has 1 heterocycles. The second-order valence-electron chi connectivity index (χ2n) is 4.28. The third kappa shape index (κ3) is 3.32. The summed E-state index contributed by atoms with van der Waals surface area (Å²) in [5.74, 6) is 0. The van der Waals surface area contributed by atoms with Gasteiger partial charge in [-0.15, -0.1) is 11.3 Å². The van der Waals surface area contributed by atoms with Crippen LogP contribution in [-0.2, 0) is 10.0 Å². The summed E-state index contributed by atoms with van der Waals surface area (Å²) in [5, 5.41) is 9.57. The molecule has 1 aromatic carbocycles. The smallest absolute Gasteiger partial charge is 0.273 e. The predicted octanol–water partition coefficient (Wildman–Crippen LogP) is 2.98. The van der Waals surface area contributed by atoms with Crippen molar-refractivity contribution in [1.82, 2.24) is 0 Å². The van der Waals surface area contributed by atoms with Gasteiger partial charge in [-0.3, -0.25) is 4.31 Å². The van der Waals surface area contributed by atoms with Gasteiger partial charge in [0.25, 0.3) is 10.0 Å². The topological polar surface area (TPSA) is 57.6 Å². The van der Waals surface area contributed by atoms with E-state index in [4.69, 9.17) is 11.6 Å². The number of halogens is 1. The third-order valence-corrected chi connectivity index (χ3v) is 6.06. The monoisotopic (exact) mass is 331 g/mol. The van der Waals surface area contributed by atoms with Crippen LogP contribution in [0.1, 0.15) is 6.92 Å². The Morgan fingerprint density at radius 2 is 1.90 bits per heavy atom. The molecule has 1 aromatic heterocycles. The second kappa shape index (κ2) is 6.13.